The standard InChI is InChI=1S/C10H19NO/c1-7(2)11-10(12)9-5-4-8(3)6-9/h7-9H,4-6H2,1-3H3,(H,11,12)/t8-,9-/m1/s1. The molecule has 0 aromatic carbocycles. The lowest BCUT2D eigenvalue weighted by atomic mass is 10.1. The quantitative estimate of drug-likeness (QED) is 0.672. The summed E-state index contributed by atoms with van der Waals surface area (Å²) in [6.07, 6.45) is 3.38. The maximum Gasteiger partial charge on any atom is 0.223 e. The Morgan fingerprint density at radius 2 is 2.08 bits per heavy atom. The summed E-state index contributed by atoms with van der Waals surface area (Å²) in [5.41, 5.74) is 0. The van der Waals surface area contributed by atoms with Crippen LogP contribution in [0, 0.1) is 11.8 Å². The van der Waals surface area contributed by atoms with E-state index in [2.05, 4.69) is 12.2 Å². The van der Waals surface area contributed by atoms with Gasteiger partial charge in [0.2, 0.25) is 5.91 Å². The van der Waals surface area contributed by atoms with Crippen molar-refractivity contribution >= 4 is 5.91 Å². The van der Waals surface area contributed by atoms with Crippen molar-refractivity contribution in [2.24, 2.45) is 11.8 Å². The van der Waals surface area contributed by atoms with Crippen LogP contribution in [0.15, 0.2) is 0 Å². The number of rotatable bonds is 2. The van der Waals surface area contributed by atoms with E-state index in [9.17, 15) is 4.79 Å². The molecule has 1 fully saturated rings. The van der Waals surface area contributed by atoms with Crippen LogP contribution in [0.4, 0.5) is 0 Å². The van der Waals surface area contributed by atoms with Gasteiger partial charge in [-0.05, 0) is 39.0 Å². The van der Waals surface area contributed by atoms with Crippen LogP contribution in [-0.4, -0.2) is 11.9 Å². The van der Waals surface area contributed by atoms with Gasteiger partial charge in [0.15, 0.2) is 0 Å². The number of hydrogen-bond donors (Lipinski definition) is 1. The molecule has 1 aliphatic carbocycles. The monoisotopic (exact) mass is 169 g/mol. The van der Waals surface area contributed by atoms with E-state index in [4.69, 9.17) is 0 Å². The molecule has 1 N–H and O–H groups in total. The average molecular weight is 169 g/mol. The van der Waals surface area contributed by atoms with Gasteiger partial charge in [0.1, 0.15) is 0 Å². The second kappa shape index (κ2) is 3.92. The average Bonchev–Trinajstić information content (AvgIpc) is 2.34. The summed E-state index contributed by atoms with van der Waals surface area (Å²) in [6.45, 7) is 6.25. The number of hydrogen-bond acceptors (Lipinski definition) is 1. The van der Waals surface area contributed by atoms with E-state index in [-0.39, 0.29) is 11.9 Å². The second-order valence-corrected chi connectivity index (χ2v) is 4.28. The summed E-state index contributed by atoms with van der Waals surface area (Å²) in [7, 11) is 0. The van der Waals surface area contributed by atoms with E-state index in [0.29, 0.717) is 5.92 Å². The minimum absolute atomic E-state index is 0.259. The third kappa shape index (κ3) is 2.50. The van der Waals surface area contributed by atoms with Gasteiger partial charge in [-0.15, -0.1) is 0 Å². The lowest BCUT2D eigenvalue weighted by molar-refractivity contribution is -0.125. The van der Waals surface area contributed by atoms with E-state index < -0.39 is 0 Å². The molecule has 0 radical (unpaired) electrons. The smallest absolute Gasteiger partial charge is 0.223 e. The van der Waals surface area contributed by atoms with Crippen molar-refractivity contribution in [3.05, 3.63) is 0 Å². The predicted molar refractivity (Wildman–Crippen MR) is 49.8 cm³/mol. The van der Waals surface area contributed by atoms with Crippen LogP contribution in [0.5, 0.6) is 0 Å². The van der Waals surface area contributed by atoms with E-state index in [1.54, 1.807) is 0 Å². The Bertz CT molecular complexity index is 165. The Labute approximate surface area is 74.7 Å². The van der Waals surface area contributed by atoms with Crippen molar-refractivity contribution in [1.82, 2.24) is 5.32 Å². The molecule has 1 saturated carbocycles. The molecule has 0 aliphatic heterocycles. The largest absolute Gasteiger partial charge is 0.354 e. The fourth-order valence-corrected chi connectivity index (χ4v) is 1.85. The Hall–Kier alpha value is -0.530. The number of amides is 1. The van der Waals surface area contributed by atoms with Gasteiger partial charge in [-0.2, -0.15) is 0 Å². The topological polar surface area (TPSA) is 29.1 Å². The first-order chi connectivity index (χ1) is 5.59. The van der Waals surface area contributed by atoms with Gasteiger partial charge in [0.25, 0.3) is 0 Å². The first-order valence-electron chi connectivity index (χ1n) is 4.90. The molecule has 0 unspecified atom stereocenters. The zero-order valence-electron chi connectivity index (χ0n) is 8.26. The van der Waals surface area contributed by atoms with Gasteiger partial charge < -0.3 is 5.32 Å². The molecule has 70 valence electrons. The Kier molecular flexibility index (Phi) is 3.12. The normalized spacial score (nSPS) is 29.3. The molecule has 0 spiro atoms. The van der Waals surface area contributed by atoms with Crippen LogP contribution in [0.1, 0.15) is 40.0 Å². The van der Waals surface area contributed by atoms with Crippen molar-refractivity contribution in [2.75, 3.05) is 0 Å². The first-order valence-corrected chi connectivity index (χ1v) is 4.90. The molecule has 1 amide bonds. The van der Waals surface area contributed by atoms with Crippen molar-refractivity contribution in [1.29, 1.82) is 0 Å². The van der Waals surface area contributed by atoms with Gasteiger partial charge in [0, 0.05) is 12.0 Å². The summed E-state index contributed by atoms with van der Waals surface area (Å²) >= 11 is 0. The van der Waals surface area contributed by atoms with Crippen LogP contribution in [0.25, 0.3) is 0 Å². The highest BCUT2D eigenvalue weighted by molar-refractivity contribution is 5.79. The fourth-order valence-electron chi connectivity index (χ4n) is 1.85. The van der Waals surface area contributed by atoms with Crippen LogP contribution in [0.2, 0.25) is 0 Å². The lowest BCUT2D eigenvalue weighted by Crippen LogP contribution is -2.34. The Morgan fingerprint density at radius 3 is 2.50 bits per heavy atom. The minimum Gasteiger partial charge on any atom is -0.354 e. The zero-order valence-corrected chi connectivity index (χ0v) is 8.26. The second-order valence-electron chi connectivity index (χ2n) is 4.28. The minimum atomic E-state index is 0.259. The van der Waals surface area contributed by atoms with Crippen molar-refractivity contribution in [2.45, 2.75) is 46.1 Å². The van der Waals surface area contributed by atoms with Crippen LogP contribution >= 0.6 is 0 Å². The van der Waals surface area contributed by atoms with Gasteiger partial charge in [-0.3, -0.25) is 4.79 Å². The Morgan fingerprint density at radius 1 is 1.42 bits per heavy atom. The van der Waals surface area contributed by atoms with Crippen molar-refractivity contribution in [3.63, 3.8) is 0 Å². The van der Waals surface area contributed by atoms with Gasteiger partial charge in [-0.1, -0.05) is 6.92 Å². The SMILES string of the molecule is CC(C)NC(=O)[C@@H]1CC[C@@H](C)C1. The maximum atomic E-state index is 11.5. The highest BCUT2D eigenvalue weighted by Crippen LogP contribution is 2.30. The summed E-state index contributed by atoms with van der Waals surface area (Å²) in [6, 6.07) is 0.286. The number of carbonyl (C=O) groups excluding carboxylic acids is 1. The van der Waals surface area contributed by atoms with Gasteiger partial charge in [-0.25, -0.2) is 0 Å². The molecule has 2 nitrogen and oxygen atoms in total. The summed E-state index contributed by atoms with van der Waals surface area (Å²) < 4.78 is 0. The highest BCUT2D eigenvalue weighted by atomic mass is 16.1. The van der Waals surface area contributed by atoms with Gasteiger partial charge >= 0.3 is 0 Å². The predicted octanol–water partition coefficient (Wildman–Crippen LogP) is 1.95. The zero-order chi connectivity index (χ0) is 9.14. The molecular weight excluding hydrogens is 150 g/mol. The highest BCUT2D eigenvalue weighted by Gasteiger charge is 2.27. The fraction of sp³-hybridized carbons (Fsp3) is 0.900. The van der Waals surface area contributed by atoms with Crippen molar-refractivity contribution < 1.29 is 4.79 Å². The molecule has 0 heterocycles. The summed E-state index contributed by atoms with van der Waals surface area (Å²) in [4.78, 5) is 11.5. The van der Waals surface area contributed by atoms with E-state index in [1.807, 2.05) is 13.8 Å². The molecule has 0 aromatic rings. The summed E-state index contributed by atoms with van der Waals surface area (Å²) in [5, 5.41) is 2.97. The van der Waals surface area contributed by atoms with E-state index >= 15 is 0 Å². The lowest BCUT2D eigenvalue weighted by Gasteiger charge is -2.12. The molecule has 12 heavy (non-hydrogen) atoms. The van der Waals surface area contributed by atoms with Crippen LogP contribution < -0.4 is 5.32 Å². The Balaban J connectivity index is 2.33. The summed E-state index contributed by atoms with van der Waals surface area (Å²) in [5.74, 6) is 1.30. The van der Waals surface area contributed by atoms with Crippen LogP contribution in [-0.2, 0) is 4.79 Å². The first kappa shape index (κ1) is 9.56. The van der Waals surface area contributed by atoms with Crippen molar-refractivity contribution in [3.8, 4) is 0 Å². The molecule has 0 saturated heterocycles. The number of nitrogens with one attached hydrogen (secondary N) is 1. The molecule has 1 rings (SSSR count). The number of carbonyl (C=O) groups is 1. The van der Waals surface area contributed by atoms with E-state index in [1.165, 1.54) is 6.42 Å². The third-order valence-electron chi connectivity index (χ3n) is 2.50. The molecule has 2 atom stereocenters. The van der Waals surface area contributed by atoms with E-state index in [0.717, 1.165) is 18.8 Å². The molecular formula is C10H19NO. The molecule has 0 bridgehead atoms. The van der Waals surface area contributed by atoms with Crippen LogP contribution in [0.3, 0.4) is 0 Å². The molecule has 2 heteroatoms. The van der Waals surface area contributed by atoms with Gasteiger partial charge in [0.05, 0.1) is 0 Å². The molecule has 1 aliphatic rings. The third-order valence-corrected chi connectivity index (χ3v) is 2.50. The molecule has 0 aromatic heterocycles. The maximum absolute atomic E-state index is 11.5.